The van der Waals surface area contributed by atoms with Crippen LogP contribution in [-0.4, -0.2) is 22.7 Å². The molecule has 0 radical (unpaired) electrons. The molecule has 0 atom stereocenters. The topological polar surface area (TPSA) is 44.2 Å². The molecular weight excluding hydrogens is 306 g/mol. The first-order valence-electron chi connectivity index (χ1n) is 5.32. The van der Waals surface area contributed by atoms with Gasteiger partial charge in [0.1, 0.15) is 6.33 Å². The summed E-state index contributed by atoms with van der Waals surface area (Å²) in [5.41, 5.74) is 0.279. The van der Waals surface area contributed by atoms with Gasteiger partial charge >= 0.3 is 12.7 Å². The number of ether oxygens (including phenoxy) is 2. The zero-order chi connectivity index (χ0) is 15.8. The van der Waals surface area contributed by atoms with E-state index >= 15 is 0 Å². The Morgan fingerprint density at radius 2 is 1.38 bits per heavy atom. The van der Waals surface area contributed by atoms with Crippen molar-refractivity contribution in [3.8, 4) is 11.5 Å². The molecule has 0 fully saturated rings. The summed E-state index contributed by atoms with van der Waals surface area (Å²) in [7, 11) is 0. The predicted octanol–water partition coefficient (Wildman–Crippen LogP) is 3.74. The van der Waals surface area contributed by atoms with Crippen LogP contribution in [0.4, 0.5) is 26.3 Å². The van der Waals surface area contributed by atoms with Crippen LogP contribution in [0.3, 0.4) is 0 Å². The van der Waals surface area contributed by atoms with Crippen LogP contribution in [0.2, 0.25) is 0 Å². The highest BCUT2D eigenvalue weighted by molar-refractivity contribution is 5.84. The largest absolute Gasteiger partial charge is 0.573 e. The van der Waals surface area contributed by atoms with Gasteiger partial charge in [0.25, 0.3) is 0 Å². The van der Waals surface area contributed by atoms with Gasteiger partial charge in [0, 0.05) is 17.1 Å². The van der Waals surface area contributed by atoms with Gasteiger partial charge in [-0.05, 0) is 13.0 Å². The minimum atomic E-state index is -5.17. The number of rotatable bonds is 2. The highest BCUT2D eigenvalue weighted by Crippen LogP contribution is 2.38. The SMILES string of the molecule is Cc1ncnc2cc(OC(F)(F)F)c(OC(F)(F)F)cc12. The highest BCUT2D eigenvalue weighted by atomic mass is 19.4. The number of aryl methyl sites for hydroxylation is 1. The number of hydrogen-bond donors (Lipinski definition) is 0. The molecule has 0 N–H and O–H groups in total. The molecule has 1 aromatic carbocycles. The Morgan fingerprint density at radius 3 is 1.90 bits per heavy atom. The molecule has 4 nitrogen and oxygen atoms in total. The lowest BCUT2D eigenvalue weighted by Gasteiger charge is -2.16. The third-order valence-corrected chi connectivity index (χ3v) is 2.35. The summed E-state index contributed by atoms with van der Waals surface area (Å²) in [4.78, 5) is 7.41. The normalized spacial score (nSPS) is 12.5. The van der Waals surface area contributed by atoms with E-state index in [4.69, 9.17) is 0 Å². The summed E-state index contributed by atoms with van der Waals surface area (Å²) >= 11 is 0. The molecule has 0 bridgehead atoms. The third kappa shape index (κ3) is 3.86. The molecule has 0 spiro atoms. The van der Waals surface area contributed by atoms with Crippen LogP contribution in [0.5, 0.6) is 11.5 Å². The van der Waals surface area contributed by atoms with Gasteiger partial charge < -0.3 is 9.47 Å². The maximum absolute atomic E-state index is 12.3. The summed E-state index contributed by atoms with van der Waals surface area (Å²) < 4.78 is 80.6. The van der Waals surface area contributed by atoms with Gasteiger partial charge in [-0.1, -0.05) is 0 Å². The van der Waals surface area contributed by atoms with Gasteiger partial charge in [-0.2, -0.15) is 0 Å². The smallest absolute Gasteiger partial charge is 0.402 e. The van der Waals surface area contributed by atoms with E-state index in [1.54, 1.807) is 0 Å². The van der Waals surface area contributed by atoms with Crippen LogP contribution in [0, 0.1) is 6.92 Å². The monoisotopic (exact) mass is 312 g/mol. The summed E-state index contributed by atoms with van der Waals surface area (Å²) in [6.07, 6.45) is -9.26. The number of halogens is 6. The van der Waals surface area contributed by atoms with E-state index in [9.17, 15) is 26.3 Å². The van der Waals surface area contributed by atoms with Crippen molar-refractivity contribution >= 4 is 10.9 Å². The standard InChI is InChI=1S/C11H6F6N2O2/c1-5-6-2-8(20-10(12,13)14)9(21-11(15,16)17)3-7(6)19-4-18-5/h2-4H,1H3. The van der Waals surface area contributed by atoms with E-state index in [1.165, 1.54) is 6.92 Å². The molecule has 0 saturated heterocycles. The maximum atomic E-state index is 12.3. The van der Waals surface area contributed by atoms with Crippen LogP contribution >= 0.6 is 0 Å². The summed E-state index contributed by atoms with van der Waals surface area (Å²) in [6.45, 7) is 1.46. The molecule has 0 aliphatic heterocycles. The number of hydrogen-bond acceptors (Lipinski definition) is 4. The van der Waals surface area contributed by atoms with E-state index in [1.807, 2.05) is 0 Å². The maximum Gasteiger partial charge on any atom is 0.573 e. The van der Waals surface area contributed by atoms with Crippen molar-refractivity contribution in [2.75, 3.05) is 0 Å². The van der Waals surface area contributed by atoms with Gasteiger partial charge in [0.15, 0.2) is 11.5 Å². The molecule has 0 saturated carbocycles. The fraction of sp³-hybridized carbons (Fsp3) is 0.273. The minimum Gasteiger partial charge on any atom is -0.402 e. The lowest BCUT2D eigenvalue weighted by molar-refractivity contribution is -0.287. The van der Waals surface area contributed by atoms with Gasteiger partial charge in [-0.3, -0.25) is 0 Å². The van der Waals surface area contributed by atoms with Crippen molar-refractivity contribution in [3.63, 3.8) is 0 Å². The fourth-order valence-electron chi connectivity index (χ4n) is 1.60. The van der Waals surface area contributed by atoms with Gasteiger partial charge in [-0.25, -0.2) is 9.97 Å². The van der Waals surface area contributed by atoms with E-state index in [-0.39, 0.29) is 16.6 Å². The Hall–Kier alpha value is -2.26. The Kier molecular flexibility index (Phi) is 3.56. The third-order valence-electron chi connectivity index (χ3n) is 2.35. The molecule has 2 aromatic rings. The second kappa shape index (κ2) is 4.93. The molecule has 0 amide bonds. The number of nitrogens with zero attached hydrogens (tertiary/aromatic N) is 2. The minimum absolute atomic E-state index is 0.00345. The van der Waals surface area contributed by atoms with E-state index in [0.717, 1.165) is 12.4 Å². The van der Waals surface area contributed by atoms with E-state index < -0.39 is 24.2 Å². The zero-order valence-corrected chi connectivity index (χ0v) is 10.2. The van der Waals surface area contributed by atoms with Gasteiger partial charge in [0.05, 0.1) is 5.52 Å². The first kappa shape index (κ1) is 15.1. The molecule has 114 valence electrons. The number of alkyl halides is 6. The number of benzene rings is 1. The average Bonchev–Trinajstić information content (AvgIpc) is 2.27. The van der Waals surface area contributed by atoms with Crippen molar-refractivity contribution in [3.05, 3.63) is 24.2 Å². The molecule has 10 heteroatoms. The summed E-state index contributed by atoms with van der Waals surface area (Å²) in [5.74, 6) is -2.25. The molecule has 0 unspecified atom stereocenters. The Labute approximate surface area is 113 Å². The van der Waals surface area contributed by atoms with Crippen molar-refractivity contribution in [1.29, 1.82) is 0 Å². The van der Waals surface area contributed by atoms with E-state index in [0.29, 0.717) is 6.07 Å². The Balaban J connectivity index is 2.60. The van der Waals surface area contributed by atoms with Crippen LogP contribution < -0.4 is 9.47 Å². The molecule has 21 heavy (non-hydrogen) atoms. The van der Waals surface area contributed by atoms with Gasteiger partial charge in [0.2, 0.25) is 0 Å². The second-order valence-electron chi connectivity index (χ2n) is 3.87. The van der Waals surface area contributed by atoms with Crippen LogP contribution in [0.15, 0.2) is 18.5 Å². The molecule has 2 rings (SSSR count). The molecule has 0 aliphatic carbocycles. The number of aromatic nitrogens is 2. The molecule has 1 heterocycles. The first-order valence-corrected chi connectivity index (χ1v) is 5.32. The van der Waals surface area contributed by atoms with Crippen molar-refractivity contribution in [2.24, 2.45) is 0 Å². The van der Waals surface area contributed by atoms with Gasteiger partial charge in [-0.15, -0.1) is 26.3 Å². The predicted molar refractivity (Wildman–Crippen MR) is 57.6 cm³/mol. The fourth-order valence-corrected chi connectivity index (χ4v) is 1.60. The van der Waals surface area contributed by atoms with Crippen LogP contribution in [0.25, 0.3) is 10.9 Å². The van der Waals surface area contributed by atoms with E-state index in [2.05, 4.69) is 19.4 Å². The Bertz CT molecular complexity index is 668. The molecule has 0 aliphatic rings. The lowest BCUT2D eigenvalue weighted by Crippen LogP contribution is -2.21. The van der Waals surface area contributed by atoms with Crippen molar-refractivity contribution in [1.82, 2.24) is 9.97 Å². The Morgan fingerprint density at radius 1 is 0.857 bits per heavy atom. The quantitative estimate of drug-likeness (QED) is 0.793. The van der Waals surface area contributed by atoms with Crippen molar-refractivity contribution < 1.29 is 35.8 Å². The zero-order valence-electron chi connectivity index (χ0n) is 10.2. The van der Waals surface area contributed by atoms with Crippen LogP contribution in [0.1, 0.15) is 5.69 Å². The lowest BCUT2D eigenvalue weighted by atomic mass is 10.2. The molecule has 1 aromatic heterocycles. The average molecular weight is 312 g/mol. The van der Waals surface area contributed by atoms with Crippen molar-refractivity contribution in [2.45, 2.75) is 19.6 Å². The second-order valence-corrected chi connectivity index (χ2v) is 3.87. The first-order chi connectivity index (χ1) is 9.55. The molecular formula is C11H6F6N2O2. The van der Waals surface area contributed by atoms with Crippen LogP contribution in [-0.2, 0) is 0 Å². The summed E-state index contributed by atoms with van der Waals surface area (Å²) in [5, 5.41) is 0.117. The summed E-state index contributed by atoms with van der Waals surface area (Å²) in [6, 6.07) is 1.46. The number of fused-ring (bicyclic) bond motifs is 1. The highest BCUT2D eigenvalue weighted by Gasteiger charge is 2.37.